The molecule has 0 N–H and O–H groups in total. The van der Waals surface area contributed by atoms with E-state index in [1.54, 1.807) is 0 Å². The molecule has 0 aliphatic heterocycles. The fourth-order valence-electron chi connectivity index (χ4n) is 2.64. The molecule has 0 fully saturated rings. The molecule has 1 aliphatic rings. The lowest BCUT2D eigenvalue weighted by molar-refractivity contribution is 0.877. The second-order valence-corrected chi connectivity index (χ2v) is 5.93. The summed E-state index contributed by atoms with van der Waals surface area (Å²) >= 11 is 7.29. The number of halogens is 1. The maximum atomic E-state index is 7.29. The number of hydrogen-bond acceptors (Lipinski definition) is 0. The molecular formula is C22H23Cl. The van der Waals surface area contributed by atoms with Gasteiger partial charge in [-0.3, -0.25) is 0 Å². The van der Waals surface area contributed by atoms with Crippen LogP contribution in [0.15, 0.2) is 102 Å². The molecule has 1 aliphatic carbocycles. The lowest BCUT2D eigenvalue weighted by Gasteiger charge is -2.31. The summed E-state index contributed by atoms with van der Waals surface area (Å²) in [7, 11) is 0. The standard InChI is InChI=1S/C22H23Cl/c1-3-5-14-19(13-4-2)22(23,21-17-11-8-12-18-21)20-15-9-6-7-10-16-20/h3-6,8-18H,7H2,1-2H3/b5-3-,13-4-,19-14+. The molecule has 0 spiro atoms. The Hall–Kier alpha value is -2.05. The van der Waals surface area contributed by atoms with Gasteiger partial charge in [0.1, 0.15) is 4.87 Å². The second kappa shape index (κ2) is 8.55. The lowest BCUT2D eigenvalue weighted by atomic mass is 9.82. The molecule has 1 atom stereocenters. The van der Waals surface area contributed by atoms with E-state index in [0.717, 1.165) is 23.1 Å². The van der Waals surface area contributed by atoms with E-state index in [1.165, 1.54) is 0 Å². The van der Waals surface area contributed by atoms with Gasteiger partial charge in [-0.15, -0.1) is 11.6 Å². The van der Waals surface area contributed by atoms with Crippen LogP contribution < -0.4 is 0 Å². The Morgan fingerprint density at radius 3 is 2.57 bits per heavy atom. The SMILES string of the molecule is C\C=C/C=C(\C=C/C)C(Cl)(C1=CC=CCC=C1)c1ccccc1. The maximum absolute atomic E-state index is 7.29. The van der Waals surface area contributed by atoms with Crippen LogP contribution in [-0.2, 0) is 4.87 Å². The first-order valence-electron chi connectivity index (χ1n) is 7.98. The average molecular weight is 323 g/mol. The number of alkyl halides is 1. The number of hydrogen-bond donors (Lipinski definition) is 0. The molecule has 0 aromatic heterocycles. The van der Waals surface area contributed by atoms with Crippen molar-refractivity contribution in [2.24, 2.45) is 0 Å². The van der Waals surface area contributed by atoms with Gasteiger partial charge in [0.2, 0.25) is 0 Å². The quantitative estimate of drug-likeness (QED) is 0.421. The van der Waals surface area contributed by atoms with Gasteiger partial charge in [-0.25, -0.2) is 0 Å². The Kier molecular flexibility index (Phi) is 6.43. The van der Waals surface area contributed by atoms with Crippen molar-refractivity contribution in [3.05, 3.63) is 108 Å². The van der Waals surface area contributed by atoms with E-state index in [9.17, 15) is 0 Å². The summed E-state index contributed by atoms with van der Waals surface area (Å²) in [6.07, 6.45) is 21.8. The summed E-state index contributed by atoms with van der Waals surface area (Å²) in [5.74, 6) is 0. The van der Waals surface area contributed by atoms with Gasteiger partial charge in [-0.05, 0) is 37.0 Å². The van der Waals surface area contributed by atoms with E-state index < -0.39 is 4.87 Å². The third kappa shape index (κ3) is 4.03. The lowest BCUT2D eigenvalue weighted by Crippen LogP contribution is -2.23. The number of allylic oxidation sites excluding steroid dienone is 12. The zero-order chi connectivity index (χ0) is 16.5. The van der Waals surface area contributed by atoms with Gasteiger partial charge in [0.25, 0.3) is 0 Å². The molecule has 118 valence electrons. The molecule has 0 amide bonds. The van der Waals surface area contributed by atoms with Gasteiger partial charge in [0, 0.05) is 0 Å². The van der Waals surface area contributed by atoms with Crippen LogP contribution in [0.4, 0.5) is 0 Å². The summed E-state index contributed by atoms with van der Waals surface area (Å²) < 4.78 is 0. The third-order valence-corrected chi connectivity index (χ3v) is 4.42. The average Bonchev–Trinajstić information content (AvgIpc) is 2.88. The summed E-state index contributed by atoms with van der Waals surface area (Å²) in [5.41, 5.74) is 3.20. The minimum Gasteiger partial charge on any atom is -0.104 e. The third-order valence-electron chi connectivity index (χ3n) is 3.76. The first-order valence-corrected chi connectivity index (χ1v) is 8.35. The Balaban J connectivity index is 2.68. The van der Waals surface area contributed by atoms with Gasteiger partial charge >= 0.3 is 0 Å². The van der Waals surface area contributed by atoms with E-state index in [2.05, 4.69) is 54.7 Å². The number of benzene rings is 1. The molecule has 2 rings (SSSR count). The summed E-state index contributed by atoms with van der Waals surface area (Å²) in [4.78, 5) is -0.710. The van der Waals surface area contributed by atoms with Crippen molar-refractivity contribution < 1.29 is 0 Å². The van der Waals surface area contributed by atoms with Crippen molar-refractivity contribution in [3.8, 4) is 0 Å². The van der Waals surface area contributed by atoms with Crippen LogP contribution >= 0.6 is 11.6 Å². The minimum atomic E-state index is -0.710. The van der Waals surface area contributed by atoms with Crippen LogP contribution in [0.3, 0.4) is 0 Å². The van der Waals surface area contributed by atoms with E-state index in [-0.39, 0.29) is 0 Å². The van der Waals surface area contributed by atoms with Crippen molar-refractivity contribution in [3.63, 3.8) is 0 Å². The van der Waals surface area contributed by atoms with Crippen LogP contribution in [0.25, 0.3) is 0 Å². The zero-order valence-corrected chi connectivity index (χ0v) is 14.5. The van der Waals surface area contributed by atoms with Gasteiger partial charge in [-0.1, -0.05) is 91.1 Å². The first kappa shape index (κ1) is 17.3. The smallest absolute Gasteiger partial charge is 0.104 e. The van der Waals surface area contributed by atoms with Gasteiger partial charge in [0.15, 0.2) is 0 Å². The Bertz CT molecular complexity index is 684. The predicted molar refractivity (Wildman–Crippen MR) is 103 cm³/mol. The zero-order valence-electron chi connectivity index (χ0n) is 13.7. The largest absolute Gasteiger partial charge is 0.119 e. The van der Waals surface area contributed by atoms with Crippen molar-refractivity contribution in [2.75, 3.05) is 0 Å². The molecular weight excluding hydrogens is 300 g/mol. The Morgan fingerprint density at radius 1 is 1.09 bits per heavy atom. The van der Waals surface area contributed by atoms with Crippen molar-refractivity contribution in [1.29, 1.82) is 0 Å². The van der Waals surface area contributed by atoms with E-state index in [1.807, 2.05) is 50.3 Å². The molecule has 1 aromatic carbocycles. The second-order valence-electron chi connectivity index (χ2n) is 5.36. The molecule has 0 heterocycles. The molecule has 1 heteroatoms. The fourth-order valence-corrected chi connectivity index (χ4v) is 3.02. The fraction of sp³-hybridized carbons (Fsp3) is 0.182. The highest BCUT2D eigenvalue weighted by molar-refractivity contribution is 6.28. The maximum Gasteiger partial charge on any atom is 0.119 e. The highest BCUT2D eigenvalue weighted by Gasteiger charge is 2.35. The van der Waals surface area contributed by atoms with Crippen LogP contribution in [0.2, 0.25) is 0 Å². The van der Waals surface area contributed by atoms with Gasteiger partial charge in [0.05, 0.1) is 0 Å². The number of rotatable bonds is 5. The molecule has 0 saturated carbocycles. The van der Waals surface area contributed by atoms with Crippen molar-refractivity contribution in [1.82, 2.24) is 0 Å². The van der Waals surface area contributed by atoms with Crippen LogP contribution in [-0.4, -0.2) is 0 Å². The molecule has 0 nitrogen and oxygen atoms in total. The normalized spacial score (nSPS) is 18.2. The van der Waals surface area contributed by atoms with E-state index >= 15 is 0 Å². The van der Waals surface area contributed by atoms with E-state index in [4.69, 9.17) is 11.6 Å². The van der Waals surface area contributed by atoms with Crippen LogP contribution in [0.1, 0.15) is 25.8 Å². The molecule has 23 heavy (non-hydrogen) atoms. The van der Waals surface area contributed by atoms with Gasteiger partial charge in [-0.2, -0.15) is 0 Å². The van der Waals surface area contributed by atoms with Crippen LogP contribution in [0, 0.1) is 0 Å². The monoisotopic (exact) mass is 322 g/mol. The highest BCUT2D eigenvalue weighted by atomic mass is 35.5. The van der Waals surface area contributed by atoms with E-state index in [0.29, 0.717) is 0 Å². The summed E-state index contributed by atoms with van der Waals surface area (Å²) in [6.45, 7) is 4.03. The molecule has 0 saturated heterocycles. The minimum absolute atomic E-state index is 0.710. The highest BCUT2D eigenvalue weighted by Crippen LogP contribution is 2.45. The summed E-state index contributed by atoms with van der Waals surface area (Å²) in [5, 5.41) is 0. The summed E-state index contributed by atoms with van der Waals surface area (Å²) in [6, 6.07) is 10.3. The molecule has 1 unspecified atom stereocenters. The van der Waals surface area contributed by atoms with Gasteiger partial charge < -0.3 is 0 Å². The topological polar surface area (TPSA) is 0 Å². The Morgan fingerprint density at radius 2 is 1.87 bits per heavy atom. The molecule has 0 bridgehead atoms. The molecule has 0 radical (unpaired) electrons. The Labute approximate surface area is 144 Å². The van der Waals surface area contributed by atoms with Crippen molar-refractivity contribution >= 4 is 11.6 Å². The molecule has 1 aromatic rings. The van der Waals surface area contributed by atoms with Crippen LogP contribution in [0.5, 0.6) is 0 Å². The van der Waals surface area contributed by atoms with Crippen molar-refractivity contribution in [2.45, 2.75) is 25.1 Å². The predicted octanol–water partition coefficient (Wildman–Crippen LogP) is 6.64. The first-order chi connectivity index (χ1) is 11.2.